The average molecular weight is 375 g/mol. The van der Waals surface area contributed by atoms with Gasteiger partial charge in [0.05, 0.1) is 6.61 Å². The molecule has 0 aliphatic carbocycles. The lowest BCUT2D eigenvalue weighted by Gasteiger charge is -2.08. The molecule has 6 nitrogen and oxygen atoms in total. The topological polar surface area (TPSA) is 80.3 Å². The molecule has 0 aliphatic rings. The molecule has 0 saturated carbocycles. The Labute approximate surface area is 163 Å². The molecule has 28 heavy (non-hydrogen) atoms. The molecule has 2 aromatic carbocycles. The zero-order valence-electron chi connectivity index (χ0n) is 15.5. The van der Waals surface area contributed by atoms with E-state index in [0.717, 1.165) is 11.3 Å². The highest BCUT2D eigenvalue weighted by molar-refractivity contribution is 6.05. The van der Waals surface area contributed by atoms with Gasteiger partial charge in [0.1, 0.15) is 5.75 Å². The Bertz CT molecular complexity index is 924. The summed E-state index contributed by atoms with van der Waals surface area (Å²) in [7, 11) is 0. The van der Waals surface area contributed by atoms with Crippen LogP contribution in [0.5, 0.6) is 5.75 Å². The van der Waals surface area contributed by atoms with E-state index in [1.54, 1.807) is 60.9 Å². The van der Waals surface area contributed by atoms with Gasteiger partial charge < -0.3 is 15.4 Å². The van der Waals surface area contributed by atoms with Crippen LogP contribution in [-0.2, 0) is 6.54 Å². The van der Waals surface area contributed by atoms with Gasteiger partial charge in [-0.25, -0.2) is 0 Å². The fraction of sp³-hybridized carbons (Fsp3) is 0.136. The van der Waals surface area contributed by atoms with E-state index in [1.165, 1.54) is 0 Å². The normalized spacial score (nSPS) is 10.2. The summed E-state index contributed by atoms with van der Waals surface area (Å²) in [6.07, 6.45) is 3.39. The lowest BCUT2D eigenvalue weighted by molar-refractivity contribution is 0.0949. The quantitative estimate of drug-likeness (QED) is 0.660. The van der Waals surface area contributed by atoms with Crippen LogP contribution in [-0.4, -0.2) is 23.4 Å². The number of pyridine rings is 1. The maximum Gasteiger partial charge on any atom is 0.255 e. The van der Waals surface area contributed by atoms with E-state index in [4.69, 9.17) is 4.74 Å². The molecule has 0 fully saturated rings. The summed E-state index contributed by atoms with van der Waals surface area (Å²) >= 11 is 0. The molecule has 0 saturated heterocycles. The predicted molar refractivity (Wildman–Crippen MR) is 107 cm³/mol. The number of nitrogens with one attached hydrogen (secondary N) is 2. The molecule has 0 bridgehead atoms. The molecule has 0 radical (unpaired) electrons. The van der Waals surface area contributed by atoms with Gasteiger partial charge in [0.15, 0.2) is 0 Å². The molecular formula is C22H21N3O3. The van der Waals surface area contributed by atoms with Crippen LogP contribution in [0.25, 0.3) is 0 Å². The minimum atomic E-state index is -0.244. The zero-order valence-corrected chi connectivity index (χ0v) is 15.5. The minimum Gasteiger partial charge on any atom is -0.494 e. The standard InChI is InChI=1S/C22H21N3O3/c1-2-28-20-11-9-19(10-12-20)25-22(27)18-7-5-17(6-8-18)21(26)24-15-16-4-3-13-23-14-16/h3-14H,2,15H2,1H3,(H,24,26)(H,25,27). The molecule has 6 heteroatoms. The number of hydrogen-bond donors (Lipinski definition) is 2. The molecule has 142 valence electrons. The van der Waals surface area contributed by atoms with Gasteiger partial charge in [-0.2, -0.15) is 0 Å². The number of aromatic nitrogens is 1. The van der Waals surface area contributed by atoms with Crippen molar-refractivity contribution in [2.75, 3.05) is 11.9 Å². The van der Waals surface area contributed by atoms with Gasteiger partial charge in [-0.05, 0) is 67.1 Å². The second kappa shape index (κ2) is 9.32. The van der Waals surface area contributed by atoms with E-state index in [2.05, 4.69) is 15.6 Å². The summed E-state index contributed by atoms with van der Waals surface area (Å²) in [6.45, 7) is 2.90. The fourth-order valence-electron chi connectivity index (χ4n) is 2.56. The number of rotatable bonds is 7. The molecule has 0 spiro atoms. The zero-order chi connectivity index (χ0) is 19.8. The van der Waals surface area contributed by atoms with Gasteiger partial charge in [0.25, 0.3) is 11.8 Å². The highest BCUT2D eigenvalue weighted by Crippen LogP contribution is 2.16. The van der Waals surface area contributed by atoms with Crippen molar-refractivity contribution in [3.63, 3.8) is 0 Å². The van der Waals surface area contributed by atoms with Gasteiger partial charge in [0.2, 0.25) is 0 Å². The first-order valence-electron chi connectivity index (χ1n) is 8.97. The van der Waals surface area contributed by atoms with Gasteiger partial charge in [0, 0.05) is 35.8 Å². The number of amides is 2. The highest BCUT2D eigenvalue weighted by atomic mass is 16.5. The summed E-state index contributed by atoms with van der Waals surface area (Å²) < 4.78 is 5.38. The third kappa shape index (κ3) is 5.17. The van der Waals surface area contributed by atoms with Crippen molar-refractivity contribution in [1.82, 2.24) is 10.3 Å². The second-order valence-electron chi connectivity index (χ2n) is 6.03. The van der Waals surface area contributed by atoms with Crippen molar-refractivity contribution in [3.05, 3.63) is 89.7 Å². The average Bonchev–Trinajstić information content (AvgIpc) is 2.74. The van der Waals surface area contributed by atoms with Crippen molar-refractivity contribution in [2.45, 2.75) is 13.5 Å². The minimum absolute atomic E-state index is 0.206. The molecule has 1 heterocycles. The van der Waals surface area contributed by atoms with Gasteiger partial charge in [-0.3, -0.25) is 14.6 Å². The Morgan fingerprint density at radius 2 is 1.61 bits per heavy atom. The van der Waals surface area contributed by atoms with E-state index in [9.17, 15) is 9.59 Å². The van der Waals surface area contributed by atoms with Crippen LogP contribution >= 0.6 is 0 Å². The second-order valence-corrected chi connectivity index (χ2v) is 6.03. The molecule has 3 aromatic rings. The Morgan fingerprint density at radius 3 is 2.21 bits per heavy atom. The van der Waals surface area contributed by atoms with Crippen LogP contribution in [0.3, 0.4) is 0 Å². The summed E-state index contributed by atoms with van der Waals surface area (Å²) in [5, 5.41) is 5.65. The van der Waals surface area contributed by atoms with E-state index in [-0.39, 0.29) is 11.8 Å². The van der Waals surface area contributed by atoms with E-state index in [0.29, 0.717) is 30.0 Å². The Morgan fingerprint density at radius 1 is 0.929 bits per heavy atom. The van der Waals surface area contributed by atoms with E-state index in [1.807, 2.05) is 19.1 Å². The van der Waals surface area contributed by atoms with Crippen molar-refractivity contribution < 1.29 is 14.3 Å². The van der Waals surface area contributed by atoms with Crippen LogP contribution in [0.15, 0.2) is 73.1 Å². The maximum atomic E-state index is 12.4. The first-order chi connectivity index (χ1) is 13.7. The summed E-state index contributed by atoms with van der Waals surface area (Å²) in [5.74, 6) is 0.302. The van der Waals surface area contributed by atoms with Gasteiger partial charge in [-0.15, -0.1) is 0 Å². The number of nitrogens with zero attached hydrogens (tertiary/aromatic N) is 1. The summed E-state index contributed by atoms with van der Waals surface area (Å²) in [6, 6.07) is 17.4. The molecule has 2 amide bonds. The largest absolute Gasteiger partial charge is 0.494 e. The number of carbonyl (C=O) groups is 2. The molecule has 0 atom stereocenters. The van der Waals surface area contributed by atoms with E-state index < -0.39 is 0 Å². The van der Waals surface area contributed by atoms with Crippen LogP contribution in [0.4, 0.5) is 5.69 Å². The van der Waals surface area contributed by atoms with E-state index >= 15 is 0 Å². The van der Waals surface area contributed by atoms with Gasteiger partial charge in [-0.1, -0.05) is 6.07 Å². The first-order valence-corrected chi connectivity index (χ1v) is 8.97. The highest BCUT2D eigenvalue weighted by Gasteiger charge is 2.09. The van der Waals surface area contributed by atoms with Gasteiger partial charge >= 0.3 is 0 Å². The lowest BCUT2D eigenvalue weighted by Crippen LogP contribution is -2.23. The first kappa shape index (κ1) is 19.1. The number of hydrogen-bond acceptors (Lipinski definition) is 4. The fourth-order valence-corrected chi connectivity index (χ4v) is 2.56. The molecule has 1 aromatic heterocycles. The molecule has 3 rings (SSSR count). The molecular weight excluding hydrogens is 354 g/mol. The summed E-state index contributed by atoms with van der Waals surface area (Å²) in [4.78, 5) is 28.6. The van der Waals surface area contributed by atoms with Crippen molar-refractivity contribution in [3.8, 4) is 5.75 Å². The molecule has 0 unspecified atom stereocenters. The number of carbonyl (C=O) groups excluding carboxylic acids is 2. The molecule has 2 N–H and O–H groups in total. The lowest BCUT2D eigenvalue weighted by atomic mass is 10.1. The Balaban J connectivity index is 1.56. The van der Waals surface area contributed by atoms with Crippen LogP contribution in [0.2, 0.25) is 0 Å². The SMILES string of the molecule is CCOc1ccc(NC(=O)c2ccc(C(=O)NCc3cccnc3)cc2)cc1. The molecule has 0 aliphatic heterocycles. The monoisotopic (exact) mass is 375 g/mol. The van der Waals surface area contributed by atoms with Crippen LogP contribution in [0.1, 0.15) is 33.2 Å². The smallest absolute Gasteiger partial charge is 0.255 e. The van der Waals surface area contributed by atoms with Crippen molar-refractivity contribution in [2.24, 2.45) is 0 Å². The summed E-state index contributed by atoms with van der Waals surface area (Å²) in [5.41, 5.74) is 2.55. The number of benzene rings is 2. The Hall–Kier alpha value is -3.67. The van der Waals surface area contributed by atoms with Crippen LogP contribution < -0.4 is 15.4 Å². The number of ether oxygens (including phenoxy) is 1. The predicted octanol–water partition coefficient (Wildman–Crippen LogP) is 3.66. The van der Waals surface area contributed by atoms with Crippen molar-refractivity contribution in [1.29, 1.82) is 0 Å². The Kier molecular flexibility index (Phi) is 6.36. The van der Waals surface area contributed by atoms with Crippen LogP contribution in [0, 0.1) is 0 Å². The number of anilines is 1. The van der Waals surface area contributed by atoms with Crippen molar-refractivity contribution >= 4 is 17.5 Å². The third-order valence-corrected chi connectivity index (χ3v) is 4.01. The maximum absolute atomic E-state index is 12.4. The third-order valence-electron chi connectivity index (χ3n) is 4.01.